The van der Waals surface area contributed by atoms with E-state index in [4.69, 9.17) is 18.3 Å². The van der Waals surface area contributed by atoms with Crippen molar-refractivity contribution < 1.29 is 136 Å². The van der Waals surface area contributed by atoms with Crippen LogP contribution in [-0.2, 0) is 0 Å². The topological polar surface area (TPSA) is 0 Å². The quantitative estimate of drug-likeness (QED) is 0.200. The van der Waals surface area contributed by atoms with Crippen molar-refractivity contribution in [2.75, 3.05) is 0 Å². The van der Waals surface area contributed by atoms with Crippen LogP contribution >= 0.6 is 0 Å². The minimum absolute atomic E-state index is 0. The van der Waals surface area contributed by atoms with E-state index in [0.717, 1.165) is 5.92 Å². The monoisotopic (exact) mass is 927 g/mol. The molecular weight excluding hydrogens is 893 g/mol. The molecule has 0 nitrogen and oxygen atoms in total. The maximum Gasteiger partial charge on any atom is 0 e. The largest absolute Gasteiger partial charge is 0.331 e. The Hall–Kier alpha value is 1.43. The predicted molar refractivity (Wildman–Crippen MR) is 72.5 cm³/mol. The summed E-state index contributed by atoms with van der Waals surface area (Å²) in [5.74, 6) is 0.843. The van der Waals surface area contributed by atoms with Crippen molar-refractivity contribution in [2.45, 2.75) is 69.7 Å². The summed E-state index contributed by atoms with van der Waals surface area (Å²) in [5, 5.41) is 0. The molecule has 0 aliphatic rings. The van der Waals surface area contributed by atoms with Crippen LogP contribution in [0.3, 0.4) is 0 Å². The maximum absolute atomic E-state index is 8.00. The van der Waals surface area contributed by atoms with Gasteiger partial charge in [0.15, 0.2) is 0 Å². The Bertz CT molecular complexity index is 57.9. The second-order valence-electron chi connectivity index (χ2n) is 2.04. The molecule has 0 saturated carbocycles. The van der Waals surface area contributed by atoms with Gasteiger partial charge in [0, 0.05) is 132 Å². The number of halogens is 5. The molecule has 0 radical (unpaired) electrons. The third kappa shape index (κ3) is 456. The average molecular weight is 927 g/mol. The SMILES string of the molecule is C.C.CC.CC.C[CH-]CC(C)C.F.FF.FF.[Ar].[Ar].[Ar].[Rf].[Rf]. The first kappa shape index (κ1) is 108. The molecule has 0 bridgehead atoms. The average Bonchev–Trinajstić information content (AvgIpc) is 2.29. The fraction of sp³-hybridized carbons (Fsp3) is 0.917. The first-order chi connectivity index (χ1) is 6.77. The van der Waals surface area contributed by atoms with Gasteiger partial charge in [0.1, 0.15) is 0 Å². The molecular formula is C12H34Ar3F5Rf2-. The molecule has 10 heteroatoms. The number of hydrogen-bond acceptors (Lipinski definition) is 0. The molecule has 0 aliphatic heterocycles. The van der Waals surface area contributed by atoms with Gasteiger partial charge in [0.2, 0.25) is 0 Å². The Kier molecular flexibility index (Phi) is 1230. The van der Waals surface area contributed by atoms with Gasteiger partial charge >= 0.3 is 0 Å². The molecule has 0 unspecified atom stereocenters. The summed E-state index contributed by atoms with van der Waals surface area (Å²) in [6.45, 7) is 14.5. The van der Waals surface area contributed by atoms with Gasteiger partial charge < -0.3 is 6.42 Å². The number of hydrogen-bond donors (Lipinski definition) is 0. The van der Waals surface area contributed by atoms with E-state index in [9.17, 15) is 0 Å². The molecule has 0 amide bonds. The third-order valence-electron chi connectivity index (χ3n) is 0.707. The normalized spacial score (nSPS) is 3.82. The van der Waals surface area contributed by atoms with Crippen LogP contribution in [0.25, 0.3) is 0 Å². The zero-order chi connectivity index (χ0) is 13.0. The van der Waals surface area contributed by atoms with Crippen LogP contribution in [-0.4, -0.2) is 0 Å². The van der Waals surface area contributed by atoms with Gasteiger partial charge in [0.05, 0.1) is 0 Å². The summed E-state index contributed by atoms with van der Waals surface area (Å²) in [6, 6.07) is 0. The van der Waals surface area contributed by atoms with Gasteiger partial charge in [-0.25, -0.2) is 0 Å². The molecule has 0 aromatic rings. The molecule has 0 saturated heterocycles. The molecule has 0 heterocycles. The Balaban J connectivity index is -0.00000000419. The van der Waals surface area contributed by atoms with Crippen LogP contribution in [0.1, 0.15) is 69.7 Å². The van der Waals surface area contributed by atoms with E-state index in [1.165, 1.54) is 6.42 Å². The first-order valence-electron chi connectivity index (χ1n) is 4.83. The molecule has 0 spiro atoms. The predicted octanol–water partition coefficient (Wildman–Crippen LogP) is 7.41. The second-order valence-corrected chi connectivity index (χ2v) is 2.04. The van der Waals surface area contributed by atoms with Gasteiger partial charge in [-0.15, -0.1) is 0 Å². The summed E-state index contributed by atoms with van der Waals surface area (Å²) >= 11 is 0. The summed E-state index contributed by atoms with van der Waals surface area (Å²) in [4.78, 5) is 0. The molecule has 0 rings (SSSR count). The van der Waals surface area contributed by atoms with Crippen LogP contribution in [0.5, 0.6) is 0 Å². The van der Waals surface area contributed by atoms with E-state index in [1.54, 1.807) is 0 Å². The zero-order valence-electron chi connectivity index (χ0n) is 13.3. The molecule has 0 aromatic carbocycles. The second kappa shape index (κ2) is 249. The van der Waals surface area contributed by atoms with E-state index in [1.807, 2.05) is 27.7 Å². The van der Waals surface area contributed by atoms with Gasteiger partial charge in [-0.3, -0.25) is 4.70 Å². The van der Waals surface area contributed by atoms with Crippen LogP contribution in [0, 0.1) is 126 Å². The fourth-order valence-electron chi connectivity index (χ4n) is 0.471. The maximum atomic E-state index is 8.00. The molecule has 0 atom stereocenters. The summed E-state index contributed by atoms with van der Waals surface area (Å²) in [5.41, 5.74) is 0. The van der Waals surface area contributed by atoms with Crippen molar-refractivity contribution in [1.29, 1.82) is 0 Å². The van der Waals surface area contributed by atoms with E-state index in [0.29, 0.717) is 0 Å². The molecule has 0 N–H and O–H groups in total. The fourth-order valence-corrected chi connectivity index (χ4v) is 0.471. The minimum atomic E-state index is 0. The van der Waals surface area contributed by atoms with Crippen molar-refractivity contribution in [3.8, 4) is 0 Å². The molecule has 146 valence electrons. The minimum Gasteiger partial charge on any atom is -0.331 e. The van der Waals surface area contributed by atoms with E-state index < -0.39 is 0 Å². The molecule has 0 aliphatic carbocycles. The van der Waals surface area contributed by atoms with E-state index >= 15 is 0 Å². The Morgan fingerprint density at radius 2 is 0.864 bits per heavy atom. The van der Waals surface area contributed by atoms with Crippen molar-refractivity contribution in [3.05, 3.63) is 6.42 Å². The Labute approximate surface area is 214 Å². The van der Waals surface area contributed by atoms with Crippen LogP contribution < -0.4 is 0 Å². The first-order valence-corrected chi connectivity index (χ1v) is 4.83. The van der Waals surface area contributed by atoms with Crippen molar-refractivity contribution in [2.24, 2.45) is 5.92 Å². The van der Waals surface area contributed by atoms with E-state index in [-0.39, 0.29) is 133 Å². The smallest absolute Gasteiger partial charge is 0 e. The third-order valence-corrected chi connectivity index (χ3v) is 0.707. The van der Waals surface area contributed by atoms with Gasteiger partial charge in [0.25, 0.3) is 0 Å². The Morgan fingerprint density at radius 1 is 0.727 bits per heavy atom. The van der Waals surface area contributed by atoms with E-state index in [2.05, 4.69) is 27.2 Å². The molecule has 22 heavy (non-hydrogen) atoms. The zero-order valence-corrected chi connectivity index (χ0v) is 28.2. The molecule has 0 fully saturated rings. The van der Waals surface area contributed by atoms with Crippen molar-refractivity contribution in [1.82, 2.24) is 0 Å². The van der Waals surface area contributed by atoms with Gasteiger partial charge in [-0.05, 0) is 0 Å². The Morgan fingerprint density at radius 3 is 0.864 bits per heavy atom. The standard InChI is InChI=1S/C6H13.2C2H6.2CH4.3Ar.2F2.FH.2Rf/c1-4-5-6(2)3;2*1-2;;;;;;2*1-2;;;/h4,6H,5H2,1-3H3;2*1-2H3;2*1H4;;;;;;1H;;/q-1;;;;;;;;;;;;. The van der Waals surface area contributed by atoms with Crippen LogP contribution in [0.2, 0.25) is 0 Å². The number of rotatable bonds is 2. The van der Waals surface area contributed by atoms with Crippen LogP contribution in [0.15, 0.2) is 0 Å². The summed E-state index contributed by atoms with van der Waals surface area (Å²) < 4.78 is 32.0. The molecule has 0 aromatic heterocycles. The van der Waals surface area contributed by atoms with Gasteiger partial charge in [-0.1, -0.05) is 62.3 Å². The summed E-state index contributed by atoms with van der Waals surface area (Å²) in [6.07, 6.45) is 3.45. The van der Waals surface area contributed by atoms with Crippen LogP contribution in [0.4, 0.5) is 23.0 Å². The summed E-state index contributed by atoms with van der Waals surface area (Å²) in [7, 11) is 0. The van der Waals surface area contributed by atoms with Crippen molar-refractivity contribution >= 4 is 0 Å². The van der Waals surface area contributed by atoms with Gasteiger partial charge in [-0.2, -0.15) is 13.3 Å². The van der Waals surface area contributed by atoms with Crippen molar-refractivity contribution in [3.63, 3.8) is 0 Å².